The van der Waals surface area contributed by atoms with Gasteiger partial charge in [0.05, 0.1) is 21.7 Å². The Kier molecular flexibility index (Phi) is 3.96. The van der Waals surface area contributed by atoms with Crippen molar-refractivity contribution in [3.05, 3.63) is 81.9 Å². The Morgan fingerprint density at radius 2 is 1.59 bits per heavy atom. The van der Waals surface area contributed by atoms with Gasteiger partial charge in [0.2, 0.25) is 0 Å². The number of nitrogens with zero attached hydrogens (tertiary/aromatic N) is 5. The summed E-state index contributed by atoms with van der Waals surface area (Å²) in [6.07, 6.45) is 1.67. The van der Waals surface area contributed by atoms with Gasteiger partial charge in [-0.05, 0) is 24.3 Å². The van der Waals surface area contributed by atoms with Gasteiger partial charge in [-0.15, -0.1) is 0 Å². The molecule has 0 spiro atoms. The van der Waals surface area contributed by atoms with Gasteiger partial charge in [-0.3, -0.25) is 24.6 Å². The quantitative estimate of drug-likeness (QED) is 0.389. The minimum atomic E-state index is -0.478. The molecule has 9 heteroatoms. The highest BCUT2D eigenvalue weighted by molar-refractivity contribution is 6.21. The normalized spacial score (nSPS) is 13.1. The van der Waals surface area contributed by atoms with E-state index in [0.29, 0.717) is 29.1 Å². The standard InChI is InChI=1S/C18H13N5O4/c24-17-14-3-1-2-4-15(14)18(25)21(17)10-9-16-19-11-20-22(16)12-5-7-13(8-6-12)23(26)27/h1-8,11H,9-10H2. The first-order chi connectivity index (χ1) is 13.1. The van der Waals surface area contributed by atoms with E-state index in [9.17, 15) is 19.7 Å². The molecular formula is C18H13N5O4. The fraction of sp³-hybridized carbons (Fsp3) is 0.111. The van der Waals surface area contributed by atoms with Crippen LogP contribution in [0.5, 0.6) is 0 Å². The lowest BCUT2D eigenvalue weighted by Crippen LogP contribution is -2.32. The average Bonchev–Trinajstić information content (AvgIpc) is 3.24. The van der Waals surface area contributed by atoms with Gasteiger partial charge in [-0.1, -0.05) is 12.1 Å². The molecule has 0 bridgehead atoms. The SMILES string of the molecule is O=C1c2ccccc2C(=O)N1CCc1ncnn1-c1ccc([N+](=O)[O-])cc1. The molecular weight excluding hydrogens is 350 g/mol. The van der Waals surface area contributed by atoms with E-state index in [2.05, 4.69) is 10.1 Å². The van der Waals surface area contributed by atoms with Crippen LogP contribution in [-0.4, -0.2) is 42.9 Å². The Bertz CT molecular complexity index is 1020. The summed E-state index contributed by atoms with van der Waals surface area (Å²) in [7, 11) is 0. The lowest BCUT2D eigenvalue weighted by molar-refractivity contribution is -0.384. The summed E-state index contributed by atoms with van der Waals surface area (Å²) in [4.78, 5) is 40.5. The lowest BCUT2D eigenvalue weighted by Gasteiger charge is -2.13. The highest BCUT2D eigenvalue weighted by Gasteiger charge is 2.34. The molecule has 1 aliphatic rings. The second kappa shape index (κ2) is 6.45. The third-order valence-corrected chi connectivity index (χ3v) is 4.36. The maximum Gasteiger partial charge on any atom is 0.269 e. The van der Waals surface area contributed by atoms with Crippen molar-refractivity contribution in [3.8, 4) is 5.69 Å². The number of fused-ring (bicyclic) bond motifs is 1. The summed E-state index contributed by atoms with van der Waals surface area (Å²) in [6, 6.07) is 12.6. The molecule has 1 aliphatic heterocycles. The van der Waals surface area contributed by atoms with Crippen LogP contribution in [0.25, 0.3) is 5.69 Å². The zero-order valence-electron chi connectivity index (χ0n) is 14.0. The molecule has 134 valence electrons. The number of nitro groups is 1. The molecule has 0 unspecified atom stereocenters. The van der Waals surface area contributed by atoms with Crippen LogP contribution in [0.2, 0.25) is 0 Å². The molecule has 0 atom stereocenters. The number of hydrogen-bond donors (Lipinski definition) is 0. The number of nitro benzene ring substituents is 1. The van der Waals surface area contributed by atoms with E-state index >= 15 is 0 Å². The van der Waals surface area contributed by atoms with E-state index in [1.165, 1.54) is 28.0 Å². The van der Waals surface area contributed by atoms with Gasteiger partial charge in [0.1, 0.15) is 12.2 Å². The number of amides is 2. The molecule has 9 nitrogen and oxygen atoms in total. The maximum atomic E-state index is 12.4. The molecule has 4 rings (SSSR count). The van der Waals surface area contributed by atoms with Crippen LogP contribution in [0, 0.1) is 10.1 Å². The zero-order chi connectivity index (χ0) is 19.0. The molecule has 2 aromatic carbocycles. The highest BCUT2D eigenvalue weighted by Crippen LogP contribution is 2.23. The molecule has 0 aliphatic carbocycles. The predicted octanol–water partition coefficient (Wildman–Crippen LogP) is 2.01. The first-order valence-corrected chi connectivity index (χ1v) is 8.15. The lowest BCUT2D eigenvalue weighted by atomic mass is 10.1. The number of carbonyl (C=O) groups is 2. The molecule has 0 saturated carbocycles. The number of rotatable bonds is 5. The van der Waals surface area contributed by atoms with Crippen molar-refractivity contribution in [3.63, 3.8) is 0 Å². The largest absolute Gasteiger partial charge is 0.274 e. The zero-order valence-corrected chi connectivity index (χ0v) is 14.0. The molecule has 0 fully saturated rings. The molecule has 3 aromatic rings. The van der Waals surface area contributed by atoms with Crippen molar-refractivity contribution < 1.29 is 14.5 Å². The maximum absolute atomic E-state index is 12.4. The number of imide groups is 1. The summed E-state index contributed by atoms with van der Waals surface area (Å²) in [5.41, 5.74) is 1.39. The Morgan fingerprint density at radius 3 is 2.19 bits per heavy atom. The van der Waals surface area contributed by atoms with Gasteiger partial charge in [0.15, 0.2) is 0 Å². The van der Waals surface area contributed by atoms with Gasteiger partial charge in [-0.25, -0.2) is 9.67 Å². The number of carbonyl (C=O) groups excluding carboxylic acids is 2. The minimum absolute atomic E-state index is 0.0218. The Labute approximate surface area is 153 Å². The smallest absolute Gasteiger partial charge is 0.269 e. The fourth-order valence-electron chi connectivity index (χ4n) is 3.02. The molecule has 0 saturated heterocycles. The van der Waals surface area contributed by atoms with Crippen LogP contribution in [-0.2, 0) is 6.42 Å². The summed E-state index contributed by atoms with van der Waals surface area (Å²) in [6.45, 7) is 0.165. The molecule has 27 heavy (non-hydrogen) atoms. The monoisotopic (exact) mass is 363 g/mol. The second-order valence-electron chi connectivity index (χ2n) is 5.92. The van der Waals surface area contributed by atoms with Crippen molar-refractivity contribution in [2.75, 3.05) is 6.54 Å². The summed E-state index contributed by atoms with van der Waals surface area (Å²) in [5.74, 6) is -0.102. The van der Waals surface area contributed by atoms with Crippen molar-refractivity contribution in [2.24, 2.45) is 0 Å². The van der Waals surface area contributed by atoms with Crippen LogP contribution >= 0.6 is 0 Å². The minimum Gasteiger partial charge on any atom is -0.274 e. The van der Waals surface area contributed by atoms with Crippen LogP contribution in [0.15, 0.2) is 54.9 Å². The van der Waals surface area contributed by atoms with E-state index in [4.69, 9.17) is 0 Å². The Balaban J connectivity index is 1.52. The van der Waals surface area contributed by atoms with Gasteiger partial charge < -0.3 is 0 Å². The van der Waals surface area contributed by atoms with Gasteiger partial charge in [0.25, 0.3) is 17.5 Å². The van der Waals surface area contributed by atoms with Crippen molar-refractivity contribution >= 4 is 17.5 Å². The van der Waals surface area contributed by atoms with E-state index in [1.807, 2.05) is 0 Å². The predicted molar refractivity (Wildman–Crippen MR) is 93.5 cm³/mol. The molecule has 1 aromatic heterocycles. The third kappa shape index (κ3) is 2.84. The Hall–Kier alpha value is -3.88. The highest BCUT2D eigenvalue weighted by atomic mass is 16.6. The van der Waals surface area contributed by atoms with Crippen LogP contribution < -0.4 is 0 Å². The van der Waals surface area contributed by atoms with Gasteiger partial charge >= 0.3 is 0 Å². The molecule has 0 N–H and O–H groups in total. The van der Waals surface area contributed by atoms with Gasteiger partial charge in [-0.2, -0.15) is 5.10 Å². The number of non-ortho nitro benzene ring substituents is 1. The summed E-state index contributed by atoms with van der Waals surface area (Å²) < 4.78 is 1.53. The van der Waals surface area contributed by atoms with Crippen LogP contribution in [0.1, 0.15) is 26.5 Å². The number of aromatic nitrogens is 3. The number of benzene rings is 2. The molecule has 2 heterocycles. The topological polar surface area (TPSA) is 111 Å². The average molecular weight is 363 g/mol. The van der Waals surface area contributed by atoms with E-state index in [1.54, 1.807) is 36.4 Å². The van der Waals surface area contributed by atoms with Crippen molar-refractivity contribution in [1.29, 1.82) is 0 Å². The molecule has 2 amide bonds. The second-order valence-corrected chi connectivity index (χ2v) is 5.92. The molecule has 0 radical (unpaired) electrons. The Morgan fingerprint density at radius 1 is 0.963 bits per heavy atom. The fourth-order valence-corrected chi connectivity index (χ4v) is 3.02. The van der Waals surface area contributed by atoms with Crippen molar-refractivity contribution in [1.82, 2.24) is 19.7 Å². The van der Waals surface area contributed by atoms with Crippen LogP contribution in [0.3, 0.4) is 0 Å². The first-order valence-electron chi connectivity index (χ1n) is 8.15. The summed E-state index contributed by atoms with van der Waals surface area (Å²) in [5, 5.41) is 14.9. The summed E-state index contributed by atoms with van der Waals surface area (Å²) >= 11 is 0. The van der Waals surface area contributed by atoms with E-state index < -0.39 is 4.92 Å². The first kappa shape index (κ1) is 16.6. The van der Waals surface area contributed by atoms with Crippen molar-refractivity contribution in [2.45, 2.75) is 6.42 Å². The van der Waals surface area contributed by atoms with Crippen LogP contribution in [0.4, 0.5) is 5.69 Å². The number of hydrogen-bond acceptors (Lipinski definition) is 6. The van der Waals surface area contributed by atoms with E-state index in [-0.39, 0.29) is 24.0 Å². The van der Waals surface area contributed by atoms with E-state index in [0.717, 1.165) is 0 Å². The van der Waals surface area contributed by atoms with Gasteiger partial charge in [0, 0.05) is 25.1 Å². The third-order valence-electron chi connectivity index (χ3n) is 4.36.